The van der Waals surface area contributed by atoms with Crippen LogP contribution in [-0.2, 0) is 25.7 Å². The zero-order valence-electron chi connectivity index (χ0n) is 41.1. The van der Waals surface area contributed by atoms with Crippen LogP contribution in [0.15, 0.2) is 161 Å². The summed E-state index contributed by atoms with van der Waals surface area (Å²) in [6.45, 7) is 32.0. The van der Waals surface area contributed by atoms with E-state index in [-0.39, 0.29) is 0 Å². The lowest BCUT2D eigenvalue weighted by Crippen LogP contribution is -2.00. The molecule has 0 amide bonds. The molecule has 5 aromatic rings. The number of hydrogen-bond acceptors (Lipinski definition) is 5. The normalized spacial score (nSPS) is 7.74. The van der Waals surface area contributed by atoms with Gasteiger partial charge in [0.05, 0.1) is 16.9 Å². The predicted octanol–water partition coefficient (Wildman–Crippen LogP) is 16.2. The molecule has 0 spiro atoms. The van der Waals surface area contributed by atoms with Crippen molar-refractivity contribution in [3.05, 3.63) is 163 Å². The Kier molecular flexibility index (Phi) is 83.2. The Morgan fingerprint density at radius 3 is 0.707 bits per heavy atom. The number of para-hydroxylation sites is 1. The highest BCUT2D eigenvalue weighted by Gasteiger charge is 2.15. The first kappa shape index (κ1) is 71.5. The van der Waals surface area contributed by atoms with Crippen LogP contribution in [0.25, 0.3) is 0 Å². The summed E-state index contributed by atoms with van der Waals surface area (Å²) < 4.78 is 37.5. The molecular formula is C52H90O5S. The molecule has 0 saturated carbocycles. The highest BCUT2D eigenvalue weighted by Crippen LogP contribution is 2.19. The number of hydrogen-bond donors (Lipinski definition) is 0. The molecule has 58 heavy (non-hydrogen) atoms. The van der Waals surface area contributed by atoms with Crippen molar-refractivity contribution in [2.24, 2.45) is 0 Å². The molecule has 0 fully saturated rings. The van der Waals surface area contributed by atoms with Crippen LogP contribution in [0.1, 0.15) is 122 Å². The topological polar surface area (TPSA) is 61.8 Å². The third kappa shape index (κ3) is 46.2. The second-order valence-electron chi connectivity index (χ2n) is 8.61. The SMILES string of the molecule is CC.CC.CC.CC.CC.CC.CC.CC.COC.COC.COc1ccccc1.O=S(=O)(c1ccccc1)c1ccccc1.c1ccc(Cc2ccccc2)cc1. The van der Waals surface area contributed by atoms with Crippen molar-refractivity contribution in [1.82, 2.24) is 0 Å². The Balaban J connectivity index is -0.0000000882. The minimum absolute atomic E-state index is 0.330. The smallest absolute Gasteiger partial charge is 0.206 e. The zero-order chi connectivity index (χ0) is 46.9. The quantitative estimate of drug-likeness (QED) is 0.177. The molecule has 334 valence electrons. The van der Waals surface area contributed by atoms with Crippen LogP contribution in [-0.4, -0.2) is 44.0 Å². The van der Waals surface area contributed by atoms with Crippen molar-refractivity contribution in [2.75, 3.05) is 35.5 Å². The Morgan fingerprint density at radius 1 is 0.328 bits per heavy atom. The lowest BCUT2D eigenvalue weighted by Gasteiger charge is -2.03. The van der Waals surface area contributed by atoms with Gasteiger partial charge in [-0.25, -0.2) is 8.42 Å². The fraction of sp³-hybridized carbons (Fsp3) is 0.423. The number of benzene rings is 5. The Labute approximate surface area is 362 Å². The summed E-state index contributed by atoms with van der Waals surface area (Å²) in [7, 11) is 4.82. The van der Waals surface area contributed by atoms with Gasteiger partial charge < -0.3 is 14.2 Å². The van der Waals surface area contributed by atoms with Crippen molar-refractivity contribution < 1.29 is 22.6 Å². The van der Waals surface area contributed by atoms with Crippen molar-refractivity contribution in [3.63, 3.8) is 0 Å². The van der Waals surface area contributed by atoms with Gasteiger partial charge in [-0.2, -0.15) is 0 Å². The molecule has 5 aromatic carbocycles. The average molecular weight is 827 g/mol. The Morgan fingerprint density at radius 2 is 0.517 bits per heavy atom. The first-order chi connectivity index (χ1) is 28.4. The first-order valence-electron chi connectivity index (χ1n) is 21.2. The van der Waals surface area contributed by atoms with E-state index in [4.69, 9.17) is 4.74 Å². The highest BCUT2D eigenvalue weighted by atomic mass is 32.2. The molecule has 0 aliphatic carbocycles. The molecule has 0 aromatic heterocycles. The Hall–Kier alpha value is -4.23. The van der Waals surface area contributed by atoms with Gasteiger partial charge in [0.25, 0.3) is 0 Å². The van der Waals surface area contributed by atoms with Crippen LogP contribution >= 0.6 is 0 Å². The number of methoxy groups -OCH3 is 3. The van der Waals surface area contributed by atoms with E-state index in [0.29, 0.717) is 9.79 Å². The summed E-state index contributed by atoms with van der Waals surface area (Å²) in [5, 5.41) is 0. The maximum atomic E-state index is 12.0. The van der Waals surface area contributed by atoms with Gasteiger partial charge in [0.1, 0.15) is 5.75 Å². The summed E-state index contributed by atoms with van der Waals surface area (Å²) in [4.78, 5) is 0.660. The Bertz CT molecular complexity index is 1310. The van der Waals surface area contributed by atoms with Gasteiger partial charge in [0.2, 0.25) is 9.84 Å². The van der Waals surface area contributed by atoms with Gasteiger partial charge in [0, 0.05) is 28.4 Å². The van der Waals surface area contributed by atoms with Gasteiger partial charge in [0.15, 0.2) is 0 Å². The number of ether oxygens (including phenoxy) is 3. The average Bonchev–Trinajstić information content (AvgIpc) is 3.34. The molecule has 0 radical (unpaired) electrons. The molecular weight excluding hydrogens is 737 g/mol. The van der Waals surface area contributed by atoms with Crippen molar-refractivity contribution in [2.45, 2.75) is 127 Å². The van der Waals surface area contributed by atoms with Gasteiger partial charge in [-0.05, 0) is 53.9 Å². The minimum atomic E-state index is -3.34. The van der Waals surface area contributed by atoms with Crippen LogP contribution in [0.5, 0.6) is 5.75 Å². The van der Waals surface area contributed by atoms with Gasteiger partial charge in [-0.3, -0.25) is 0 Å². The molecule has 0 aliphatic rings. The lowest BCUT2D eigenvalue weighted by molar-refractivity contribution is 0.277. The number of sulfone groups is 1. The molecule has 0 N–H and O–H groups in total. The van der Waals surface area contributed by atoms with E-state index in [9.17, 15) is 8.42 Å². The van der Waals surface area contributed by atoms with Crippen molar-refractivity contribution >= 4 is 9.84 Å². The highest BCUT2D eigenvalue weighted by molar-refractivity contribution is 7.91. The van der Waals surface area contributed by atoms with Gasteiger partial charge in [-0.1, -0.05) is 226 Å². The molecule has 6 heteroatoms. The standard InChI is InChI=1S/C13H12.C12H10O2S.C7H8O.2C2H6O.8C2H6/c1-3-7-12(8-4-1)11-13-9-5-2-6-10-13;13-15(14,11-7-3-1-4-8-11)12-9-5-2-6-10-12;1-8-7-5-3-2-4-6-7;2*1-3-2;8*1-2/h1-10H,11H2;1-10H;2-6H,1H3;2*1-2H3;8*1-2H3. The summed E-state index contributed by atoms with van der Waals surface area (Å²) >= 11 is 0. The zero-order valence-corrected chi connectivity index (χ0v) is 41.9. The second-order valence-corrected chi connectivity index (χ2v) is 10.6. The summed E-state index contributed by atoms with van der Waals surface area (Å²) in [5.41, 5.74) is 2.74. The monoisotopic (exact) mass is 827 g/mol. The first-order valence-corrected chi connectivity index (χ1v) is 22.7. The van der Waals surface area contributed by atoms with Crippen molar-refractivity contribution in [3.8, 4) is 5.75 Å². The van der Waals surface area contributed by atoms with E-state index in [1.54, 1.807) is 96.2 Å². The van der Waals surface area contributed by atoms with Crippen LogP contribution < -0.4 is 4.74 Å². The van der Waals surface area contributed by atoms with E-state index in [1.165, 1.54) is 11.1 Å². The van der Waals surface area contributed by atoms with E-state index in [2.05, 4.69) is 70.1 Å². The molecule has 0 unspecified atom stereocenters. The van der Waals surface area contributed by atoms with E-state index < -0.39 is 9.84 Å². The molecule has 0 aliphatic heterocycles. The third-order valence-corrected chi connectivity index (χ3v) is 6.97. The molecule has 0 bridgehead atoms. The summed E-state index contributed by atoms with van der Waals surface area (Å²) in [5.74, 6) is 0.910. The van der Waals surface area contributed by atoms with E-state index >= 15 is 0 Å². The maximum absolute atomic E-state index is 12.0. The lowest BCUT2D eigenvalue weighted by atomic mass is 10.1. The second kappa shape index (κ2) is 67.5. The maximum Gasteiger partial charge on any atom is 0.206 e. The summed E-state index contributed by atoms with van der Waals surface area (Å²) in [6.07, 6.45) is 1.03. The van der Waals surface area contributed by atoms with Crippen molar-refractivity contribution in [1.29, 1.82) is 0 Å². The van der Waals surface area contributed by atoms with Gasteiger partial charge >= 0.3 is 0 Å². The molecule has 0 atom stereocenters. The largest absolute Gasteiger partial charge is 0.497 e. The molecule has 5 rings (SSSR count). The summed E-state index contributed by atoms with van der Waals surface area (Å²) in [6, 6.07) is 47.6. The minimum Gasteiger partial charge on any atom is -0.497 e. The third-order valence-electron chi connectivity index (χ3n) is 5.18. The molecule has 0 heterocycles. The molecule has 0 saturated heterocycles. The fourth-order valence-electron chi connectivity index (χ4n) is 3.32. The molecule has 5 nitrogen and oxygen atoms in total. The van der Waals surface area contributed by atoms with Crippen LogP contribution in [0, 0.1) is 0 Å². The predicted molar refractivity (Wildman–Crippen MR) is 264 cm³/mol. The van der Waals surface area contributed by atoms with Crippen LogP contribution in [0.4, 0.5) is 0 Å². The van der Waals surface area contributed by atoms with Gasteiger partial charge in [-0.15, -0.1) is 0 Å². The van der Waals surface area contributed by atoms with Crippen LogP contribution in [0.2, 0.25) is 0 Å². The van der Waals surface area contributed by atoms with Crippen LogP contribution in [0.3, 0.4) is 0 Å². The fourth-order valence-corrected chi connectivity index (χ4v) is 4.62. The van der Waals surface area contributed by atoms with E-state index in [1.807, 2.05) is 141 Å². The number of rotatable bonds is 5. The van der Waals surface area contributed by atoms with E-state index in [0.717, 1.165) is 12.2 Å².